The fourth-order valence-corrected chi connectivity index (χ4v) is 5.42. The van der Waals surface area contributed by atoms with E-state index < -0.39 is 5.60 Å². The van der Waals surface area contributed by atoms with Crippen LogP contribution in [0.4, 0.5) is 0 Å². The van der Waals surface area contributed by atoms with Gasteiger partial charge in [-0.2, -0.15) is 5.10 Å². The number of esters is 1. The number of carbonyl (C=O) groups is 1. The molecular weight excluding hydrogens is 550 g/mol. The Morgan fingerprint density at radius 3 is 2.48 bits per heavy atom. The van der Waals surface area contributed by atoms with Crippen molar-refractivity contribution >= 4 is 33.2 Å². The van der Waals surface area contributed by atoms with Gasteiger partial charge in [-0.25, -0.2) is 14.3 Å². The van der Waals surface area contributed by atoms with Crippen LogP contribution in [-0.4, -0.2) is 33.3 Å². The topological polar surface area (TPSA) is 88.1 Å². The highest BCUT2D eigenvalue weighted by molar-refractivity contribution is 7.16. The van der Waals surface area contributed by atoms with Crippen molar-refractivity contribution in [2.75, 3.05) is 7.11 Å². The van der Waals surface area contributed by atoms with Crippen LogP contribution in [0.15, 0.2) is 71.3 Å². The summed E-state index contributed by atoms with van der Waals surface area (Å²) in [5, 5.41) is 6.34. The van der Waals surface area contributed by atoms with Gasteiger partial charge in [0.15, 0.2) is 5.76 Å². The third kappa shape index (κ3) is 5.60. The number of methoxy groups -OCH3 is 1. The van der Waals surface area contributed by atoms with Gasteiger partial charge in [-0.05, 0) is 81.6 Å². The highest BCUT2D eigenvalue weighted by Gasteiger charge is 2.19. The summed E-state index contributed by atoms with van der Waals surface area (Å²) in [5.74, 6) is 1.76. The Morgan fingerprint density at radius 2 is 1.76 bits per heavy atom. The predicted molar refractivity (Wildman–Crippen MR) is 163 cm³/mol. The highest BCUT2D eigenvalue weighted by atomic mass is 32.1. The molecule has 6 rings (SSSR count). The molecule has 214 valence electrons. The average Bonchev–Trinajstić information content (AvgIpc) is 3.64. The van der Waals surface area contributed by atoms with Gasteiger partial charge in [-0.1, -0.05) is 35.6 Å². The molecule has 0 aliphatic heterocycles. The number of rotatable bonds is 7. The second kappa shape index (κ2) is 10.6. The molecule has 9 heteroatoms. The Bertz CT molecular complexity index is 1890. The Kier molecular flexibility index (Phi) is 6.98. The number of nitrogens with zero attached hydrogens (tertiary/aromatic N) is 3. The van der Waals surface area contributed by atoms with Crippen molar-refractivity contribution in [2.24, 2.45) is 0 Å². The third-order valence-corrected chi connectivity index (χ3v) is 7.59. The quantitative estimate of drug-likeness (QED) is 0.176. The van der Waals surface area contributed by atoms with Crippen LogP contribution >= 0.6 is 11.3 Å². The smallest absolute Gasteiger partial charge is 0.338 e. The molecule has 42 heavy (non-hydrogen) atoms. The van der Waals surface area contributed by atoms with E-state index in [1.807, 2.05) is 89.3 Å². The van der Waals surface area contributed by atoms with E-state index in [1.165, 1.54) is 11.3 Å². The molecule has 3 aromatic heterocycles. The maximum absolute atomic E-state index is 12.4. The summed E-state index contributed by atoms with van der Waals surface area (Å²) < 4.78 is 25.4. The fourth-order valence-electron chi connectivity index (χ4n) is 4.69. The fraction of sp³-hybridized carbons (Fsp3) is 0.242. The van der Waals surface area contributed by atoms with Crippen LogP contribution in [0, 0.1) is 13.8 Å². The largest absolute Gasteiger partial charge is 0.497 e. The van der Waals surface area contributed by atoms with Gasteiger partial charge in [0.2, 0.25) is 4.96 Å². The molecule has 0 atom stereocenters. The van der Waals surface area contributed by atoms with Gasteiger partial charge in [-0.3, -0.25) is 0 Å². The number of imidazole rings is 1. The first-order chi connectivity index (χ1) is 20.1. The van der Waals surface area contributed by atoms with Gasteiger partial charge >= 0.3 is 5.97 Å². The lowest BCUT2D eigenvalue weighted by atomic mass is 10.0. The number of carbonyl (C=O) groups excluding carboxylic acids is 1. The minimum atomic E-state index is -0.543. The second-order valence-corrected chi connectivity index (χ2v) is 12.3. The summed E-state index contributed by atoms with van der Waals surface area (Å²) in [6.07, 6.45) is 1.87. The van der Waals surface area contributed by atoms with Crippen LogP contribution in [0.1, 0.15) is 47.3 Å². The van der Waals surface area contributed by atoms with Crippen molar-refractivity contribution in [2.45, 2.75) is 46.8 Å². The molecule has 0 unspecified atom stereocenters. The third-order valence-electron chi connectivity index (χ3n) is 6.75. The lowest BCUT2D eigenvalue weighted by Crippen LogP contribution is -2.23. The lowest BCUT2D eigenvalue weighted by molar-refractivity contribution is 0.00695. The highest BCUT2D eigenvalue weighted by Crippen LogP contribution is 2.35. The first-order valence-corrected chi connectivity index (χ1v) is 14.4. The van der Waals surface area contributed by atoms with Crippen molar-refractivity contribution < 1.29 is 23.4 Å². The summed E-state index contributed by atoms with van der Waals surface area (Å²) >= 11 is 1.53. The number of ether oxygens (including phenoxy) is 3. The van der Waals surface area contributed by atoms with Gasteiger partial charge in [0.05, 0.1) is 18.9 Å². The minimum absolute atomic E-state index is 0.313. The number of aromatic nitrogens is 3. The summed E-state index contributed by atoms with van der Waals surface area (Å²) in [4.78, 5) is 17.9. The normalized spacial score (nSPS) is 11.8. The van der Waals surface area contributed by atoms with Crippen LogP contribution in [0.25, 0.3) is 38.5 Å². The van der Waals surface area contributed by atoms with Gasteiger partial charge in [-0.15, -0.1) is 0 Å². The molecule has 0 N–H and O–H groups in total. The summed E-state index contributed by atoms with van der Waals surface area (Å²) in [7, 11) is 1.63. The van der Waals surface area contributed by atoms with E-state index in [4.69, 9.17) is 18.6 Å². The molecular formula is C33H31N3O5S. The van der Waals surface area contributed by atoms with Crippen LogP contribution < -0.4 is 9.47 Å². The van der Waals surface area contributed by atoms with E-state index >= 15 is 0 Å². The zero-order valence-corrected chi connectivity index (χ0v) is 25.2. The molecule has 0 bridgehead atoms. The molecule has 6 aromatic rings. The Morgan fingerprint density at radius 1 is 1.00 bits per heavy atom. The van der Waals surface area contributed by atoms with Gasteiger partial charge in [0.25, 0.3) is 0 Å². The molecule has 8 nitrogen and oxygen atoms in total. The maximum atomic E-state index is 12.4. The van der Waals surface area contributed by atoms with Gasteiger partial charge in [0.1, 0.15) is 40.0 Å². The number of fused-ring (bicyclic) bond motifs is 2. The van der Waals surface area contributed by atoms with Crippen LogP contribution in [0.3, 0.4) is 0 Å². The second-order valence-electron chi connectivity index (χ2n) is 11.1. The summed E-state index contributed by atoms with van der Waals surface area (Å²) in [6, 6.07) is 19.3. The van der Waals surface area contributed by atoms with Crippen molar-refractivity contribution in [3.8, 4) is 34.1 Å². The number of furan rings is 1. The molecule has 3 aromatic carbocycles. The minimum Gasteiger partial charge on any atom is -0.497 e. The molecule has 0 amide bonds. The molecule has 0 radical (unpaired) electrons. The standard InChI is InChI=1S/C33H31N3O5S/c1-19-7-8-23(21-9-11-22(12-10-21)31(37)41-33(3,4)5)14-28(19)39-18-24-13-25(38-6)15-29-26(24)16-30(40-29)27-17-36-32(34-27)42-20(2)35-36/h7-17H,18H2,1-6H3. The van der Waals surface area contributed by atoms with E-state index in [0.29, 0.717) is 29.3 Å². The van der Waals surface area contributed by atoms with E-state index in [1.54, 1.807) is 23.8 Å². The van der Waals surface area contributed by atoms with E-state index in [0.717, 1.165) is 49.1 Å². The molecule has 0 aliphatic rings. The molecule has 0 fully saturated rings. The van der Waals surface area contributed by atoms with E-state index in [9.17, 15) is 4.79 Å². The molecule has 0 saturated heterocycles. The first-order valence-electron chi connectivity index (χ1n) is 13.6. The zero-order valence-electron chi connectivity index (χ0n) is 24.3. The Labute approximate surface area is 247 Å². The van der Waals surface area contributed by atoms with Crippen molar-refractivity contribution in [3.63, 3.8) is 0 Å². The van der Waals surface area contributed by atoms with Crippen molar-refractivity contribution in [3.05, 3.63) is 88.6 Å². The Hall–Kier alpha value is -4.63. The first kappa shape index (κ1) is 27.5. The number of hydrogen-bond donors (Lipinski definition) is 0. The molecule has 3 heterocycles. The van der Waals surface area contributed by atoms with Gasteiger partial charge in [0, 0.05) is 17.0 Å². The maximum Gasteiger partial charge on any atom is 0.338 e. The van der Waals surface area contributed by atoms with Crippen LogP contribution in [-0.2, 0) is 11.3 Å². The Balaban J connectivity index is 1.25. The van der Waals surface area contributed by atoms with E-state index in [-0.39, 0.29) is 5.97 Å². The number of hydrogen-bond acceptors (Lipinski definition) is 8. The van der Waals surface area contributed by atoms with Crippen LogP contribution in [0.2, 0.25) is 0 Å². The number of aryl methyl sites for hydroxylation is 2. The molecule has 0 saturated carbocycles. The molecule has 0 aliphatic carbocycles. The van der Waals surface area contributed by atoms with E-state index in [2.05, 4.69) is 10.1 Å². The SMILES string of the molecule is COc1cc(COc2cc(-c3ccc(C(=O)OC(C)(C)C)cc3)ccc2C)c2cc(-c3cn4nc(C)sc4n3)oc2c1. The van der Waals surface area contributed by atoms with Crippen molar-refractivity contribution in [1.82, 2.24) is 14.6 Å². The van der Waals surface area contributed by atoms with Crippen molar-refractivity contribution in [1.29, 1.82) is 0 Å². The van der Waals surface area contributed by atoms with Crippen LogP contribution in [0.5, 0.6) is 11.5 Å². The summed E-state index contributed by atoms with van der Waals surface area (Å²) in [5.41, 5.74) is 5.28. The predicted octanol–water partition coefficient (Wildman–Crippen LogP) is 8.03. The number of benzene rings is 3. The van der Waals surface area contributed by atoms with Gasteiger partial charge < -0.3 is 18.6 Å². The average molecular weight is 582 g/mol. The summed E-state index contributed by atoms with van der Waals surface area (Å²) in [6.45, 7) is 9.85. The zero-order chi connectivity index (χ0) is 29.6. The monoisotopic (exact) mass is 581 g/mol. The molecule has 0 spiro atoms. The lowest BCUT2D eigenvalue weighted by Gasteiger charge is -2.19.